The smallest absolute Gasteiger partial charge is 0.404 e. The molecule has 2 aliphatic rings. The van der Waals surface area contributed by atoms with Crippen LogP contribution in [0, 0.1) is 11.7 Å². The van der Waals surface area contributed by atoms with E-state index in [0.717, 1.165) is 6.42 Å². The highest BCUT2D eigenvalue weighted by molar-refractivity contribution is 5.92. The van der Waals surface area contributed by atoms with Crippen molar-refractivity contribution in [1.29, 1.82) is 0 Å². The molecule has 3 aromatic rings. The minimum atomic E-state index is -1.07. The average molecular weight is 438 g/mol. The number of phenols is 1. The summed E-state index contributed by atoms with van der Waals surface area (Å²) in [6, 6.07) is 10.6. The molecule has 2 aromatic carbocycles. The number of fused-ring (bicyclic) bond motifs is 1. The van der Waals surface area contributed by atoms with E-state index in [2.05, 4.69) is 10.3 Å². The first kappa shape index (κ1) is 20.4. The van der Waals surface area contributed by atoms with Gasteiger partial charge in [0.15, 0.2) is 5.82 Å². The number of anilines is 1. The Balaban J connectivity index is 1.66. The van der Waals surface area contributed by atoms with E-state index in [-0.39, 0.29) is 23.8 Å². The molecule has 0 bridgehead atoms. The number of hydrogen-bond acceptors (Lipinski definition) is 6. The first-order chi connectivity index (χ1) is 15.5. The Bertz CT molecular complexity index is 1170. The predicted octanol–water partition coefficient (Wildman–Crippen LogP) is 3.39. The van der Waals surface area contributed by atoms with Crippen molar-refractivity contribution < 1.29 is 24.1 Å². The van der Waals surface area contributed by atoms with Crippen molar-refractivity contribution in [2.75, 3.05) is 24.7 Å². The van der Waals surface area contributed by atoms with Gasteiger partial charge in [-0.2, -0.15) is 0 Å². The number of nitrogens with zero attached hydrogens (tertiary/aromatic N) is 3. The Morgan fingerprint density at radius 2 is 2.03 bits per heavy atom. The van der Waals surface area contributed by atoms with Crippen LogP contribution in [0.5, 0.6) is 5.75 Å². The topological polar surface area (TPSA) is 108 Å². The van der Waals surface area contributed by atoms with E-state index in [1.807, 2.05) is 4.90 Å². The molecule has 9 heteroatoms. The first-order valence-corrected chi connectivity index (χ1v) is 10.6. The average Bonchev–Trinajstić information content (AvgIpc) is 3.43. The number of nitrogens with one attached hydrogen (secondary N) is 1. The van der Waals surface area contributed by atoms with Gasteiger partial charge in [-0.25, -0.2) is 19.2 Å². The summed E-state index contributed by atoms with van der Waals surface area (Å²) in [5.41, 5.74) is 1.02. The SMILES string of the molecule is O=C(O)NC1CCN(c2nc(-c3ccccc3O)nc3ccc(F)cc23)C1C1CCOC1. The zero-order chi connectivity index (χ0) is 22.2. The van der Waals surface area contributed by atoms with Gasteiger partial charge in [-0.1, -0.05) is 12.1 Å². The van der Waals surface area contributed by atoms with Crippen LogP contribution in [0.15, 0.2) is 42.5 Å². The highest BCUT2D eigenvalue weighted by atomic mass is 19.1. The number of benzene rings is 2. The molecule has 0 saturated carbocycles. The molecule has 2 fully saturated rings. The molecule has 8 nitrogen and oxygen atoms in total. The van der Waals surface area contributed by atoms with Crippen LogP contribution in [0.25, 0.3) is 22.3 Å². The summed E-state index contributed by atoms with van der Waals surface area (Å²) in [7, 11) is 0. The summed E-state index contributed by atoms with van der Waals surface area (Å²) in [4.78, 5) is 22.8. The van der Waals surface area contributed by atoms with E-state index in [0.29, 0.717) is 54.3 Å². The van der Waals surface area contributed by atoms with Crippen molar-refractivity contribution in [3.8, 4) is 17.1 Å². The Hall–Kier alpha value is -3.46. The molecule has 5 rings (SSSR count). The highest BCUT2D eigenvalue weighted by Crippen LogP contribution is 2.38. The van der Waals surface area contributed by atoms with Gasteiger partial charge in [0.05, 0.1) is 29.8 Å². The molecule has 0 aliphatic carbocycles. The number of carbonyl (C=O) groups is 1. The van der Waals surface area contributed by atoms with Crippen molar-refractivity contribution >= 4 is 22.8 Å². The van der Waals surface area contributed by atoms with Gasteiger partial charge < -0.3 is 25.2 Å². The minimum absolute atomic E-state index is 0.0486. The Kier molecular flexibility index (Phi) is 5.26. The zero-order valence-electron chi connectivity index (χ0n) is 17.2. The van der Waals surface area contributed by atoms with Crippen LogP contribution in [-0.4, -0.2) is 58.1 Å². The van der Waals surface area contributed by atoms with Crippen molar-refractivity contribution in [2.24, 2.45) is 5.92 Å². The van der Waals surface area contributed by atoms with E-state index in [4.69, 9.17) is 9.72 Å². The molecular formula is C23H23FN4O4. The maximum absolute atomic E-state index is 14.2. The van der Waals surface area contributed by atoms with Gasteiger partial charge in [-0.3, -0.25) is 0 Å². The number of rotatable bonds is 4. The Morgan fingerprint density at radius 1 is 1.19 bits per heavy atom. The molecule has 1 amide bonds. The lowest BCUT2D eigenvalue weighted by atomic mass is 9.93. The summed E-state index contributed by atoms with van der Waals surface area (Å²) in [5.74, 6) is 0.611. The lowest BCUT2D eigenvalue weighted by Crippen LogP contribution is -2.49. The largest absolute Gasteiger partial charge is 0.507 e. The third kappa shape index (κ3) is 3.69. The number of ether oxygens (including phenoxy) is 1. The molecular weight excluding hydrogens is 415 g/mol. The number of aromatic hydroxyl groups is 1. The van der Waals surface area contributed by atoms with Crippen LogP contribution in [-0.2, 0) is 4.74 Å². The highest BCUT2D eigenvalue weighted by Gasteiger charge is 2.43. The lowest BCUT2D eigenvalue weighted by molar-refractivity contribution is 0.171. The minimum Gasteiger partial charge on any atom is -0.507 e. The van der Waals surface area contributed by atoms with Gasteiger partial charge in [-0.05, 0) is 43.2 Å². The number of halogens is 1. The van der Waals surface area contributed by atoms with Gasteiger partial charge in [0, 0.05) is 24.5 Å². The summed E-state index contributed by atoms with van der Waals surface area (Å²) in [6.07, 6.45) is 0.331. The van der Waals surface area contributed by atoms with Crippen LogP contribution in [0.3, 0.4) is 0 Å². The lowest BCUT2D eigenvalue weighted by Gasteiger charge is -2.33. The third-order valence-electron chi connectivity index (χ3n) is 6.26. The number of phenolic OH excluding ortho intramolecular Hbond substituents is 1. The summed E-state index contributed by atoms with van der Waals surface area (Å²) in [5, 5.41) is 22.9. The standard InChI is InChI=1S/C23H23FN4O4/c24-14-5-6-17-16(11-14)22(27-21(25-17)15-3-1-2-4-19(15)29)28-9-7-18(26-23(30)31)20(28)13-8-10-32-12-13/h1-6,11,13,18,20,26,29H,7-10,12H2,(H,30,31). The molecule has 32 heavy (non-hydrogen) atoms. The van der Waals surface area contributed by atoms with Crippen LogP contribution in [0.4, 0.5) is 15.0 Å². The molecule has 0 radical (unpaired) electrons. The van der Waals surface area contributed by atoms with Crippen molar-refractivity contribution in [1.82, 2.24) is 15.3 Å². The molecule has 3 atom stereocenters. The maximum atomic E-state index is 14.2. The van der Waals surface area contributed by atoms with Gasteiger partial charge >= 0.3 is 6.09 Å². The van der Waals surface area contributed by atoms with Gasteiger partial charge in [0.25, 0.3) is 0 Å². The van der Waals surface area contributed by atoms with E-state index in [1.54, 1.807) is 30.3 Å². The molecule has 2 aliphatic heterocycles. The monoisotopic (exact) mass is 438 g/mol. The van der Waals surface area contributed by atoms with Crippen LogP contribution < -0.4 is 10.2 Å². The third-order valence-corrected chi connectivity index (χ3v) is 6.26. The maximum Gasteiger partial charge on any atom is 0.404 e. The van der Waals surface area contributed by atoms with E-state index in [1.165, 1.54) is 12.1 Å². The fraction of sp³-hybridized carbons (Fsp3) is 0.348. The van der Waals surface area contributed by atoms with E-state index in [9.17, 15) is 19.4 Å². The summed E-state index contributed by atoms with van der Waals surface area (Å²) >= 11 is 0. The summed E-state index contributed by atoms with van der Waals surface area (Å²) < 4.78 is 19.8. The van der Waals surface area contributed by atoms with Gasteiger partial charge in [0.2, 0.25) is 0 Å². The molecule has 1 aromatic heterocycles. The molecule has 0 spiro atoms. The van der Waals surface area contributed by atoms with Gasteiger partial charge in [-0.15, -0.1) is 0 Å². The Labute approximate surface area is 183 Å². The van der Waals surface area contributed by atoms with Crippen LogP contribution in [0.1, 0.15) is 12.8 Å². The van der Waals surface area contributed by atoms with E-state index >= 15 is 0 Å². The zero-order valence-corrected chi connectivity index (χ0v) is 17.2. The van der Waals surface area contributed by atoms with Crippen LogP contribution >= 0.6 is 0 Å². The number of carboxylic acid groups (broad SMARTS) is 1. The molecule has 3 unspecified atom stereocenters. The fourth-order valence-electron chi connectivity index (χ4n) is 4.87. The first-order valence-electron chi connectivity index (χ1n) is 10.6. The Morgan fingerprint density at radius 3 is 2.78 bits per heavy atom. The number of amides is 1. The molecule has 166 valence electrons. The second-order valence-electron chi connectivity index (χ2n) is 8.20. The number of para-hydroxylation sites is 1. The second kappa shape index (κ2) is 8.23. The quantitative estimate of drug-likeness (QED) is 0.573. The van der Waals surface area contributed by atoms with Crippen molar-refractivity contribution in [3.63, 3.8) is 0 Å². The number of hydrogen-bond donors (Lipinski definition) is 3. The molecule has 3 N–H and O–H groups in total. The van der Waals surface area contributed by atoms with E-state index < -0.39 is 11.9 Å². The van der Waals surface area contributed by atoms with Gasteiger partial charge in [0.1, 0.15) is 17.4 Å². The fourth-order valence-corrected chi connectivity index (χ4v) is 4.87. The van der Waals surface area contributed by atoms with Crippen LogP contribution in [0.2, 0.25) is 0 Å². The predicted molar refractivity (Wildman–Crippen MR) is 116 cm³/mol. The van der Waals surface area contributed by atoms with Crippen molar-refractivity contribution in [3.05, 3.63) is 48.3 Å². The normalized spacial score (nSPS) is 23.0. The number of aromatic nitrogens is 2. The molecule has 3 heterocycles. The molecule has 2 saturated heterocycles. The van der Waals surface area contributed by atoms with Crippen molar-refractivity contribution in [2.45, 2.75) is 24.9 Å². The second-order valence-corrected chi connectivity index (χ2v) is 8.20. The summed E-state index contributed by atoms with van der Waals surface area (Å²) in [6.45, 7) is 1.70.